The lowest BCUT2D eigenvalue weighted by molar-refractivity contribution is -0.137. The second-order valence-electron chi connectivity index (χ2n) is 9.71. The molecule has 1 aliphatic rings. The third kappa shape index (κ3) is 7.26. The van der Waals surface area contributed by atoms with Gasteiger partial charge in [0.25, 0.3) is 5.91 Å². The number of rotatable bonds is 10. The summed E-state index contributed by atoms with van der Waals surface area (Å²) in [6, 6.07) is 8.85. The number of hydrogen-bond acceptors (Lipinski definition) is 4. The molecule has 2 aromatic rings. The normalized spacial score (nSPS) is 15.8. The van der Waals surface area contributed by atoms with Crippen molar-refractivity contribution >= 4 is 5.91 Å². The minimum absolute atomic E-state index is 0.179. The Morgan fingerprint density at radius 1 is 0.973 bits per heavy atom. The Labute approximate surface area is 219 Å². The molecule has 8 heteroatoms. The molecule has 1 saturated heterocycles. The van der Waals surface area contributed by atoms with Crippen molar-refractivity contribution < 1.29 is 22.7 Å². The third-order valence-electron chi connectivity index (χ3n) is 7.61. The van der Waals surface area contributed by atoms with Gasteiger partial charge >= 0.3 is 6.18 Å². The van der Waals surface area contributed by atoms with Gasteiger partial charge in [0, 0.05) is 44.3 Å². The number of halogens is 3. The van der Waals surface area contributed by atoms with Crippen LogP contribution in [0.5, 0.6) is 5.75 Å². The van der Waals surface area contributed by atoms with Crippen LogP contribution in [0.15, 0.2) is 36.4 Å². The smallest absolute Gasteiger partial charge is 0.416 e. The van der Waals surface area contributed by atoms with Crippen LogP contribution in [0.3, 0.4) is 0 Å². The first-order valence-electron chi connectivity index (χ1n) is 13.2. The van der Waals surface area contributed by atoms with E-state index in [1.165, 1.54) is 23.3 Å². The molecule has 0 saturated carbocycles. The standard InChI is InChI=1S/C29H40F3N3O2/c1-6-33(7-2)15-8-20-37-27-14-13-26(21(3)22(27)4)23(5)34-16-18-35(19-17-34)28(36)24-9-11-25(12-10-24)29(30,31)32/h9-14,23H,6-8,15-20H2,1-5H3. The number of piperazine rings is 1. The number of nitrogens with zero attached hydrogens (tertiary/aromatic N) is 3. The first-order valence-corrected chi connectivity index (χ1v) is 13.2. The zero-order valence-electron chi connectivity index (χ0n) is 22.7. The van der Waals surface area contributed by atoms with Crippen LogP contribution in [0.2, 0.25) is 0 Å². The molecule has 1 fully saturated rings. The quantitative estimate of drug-likeness (QED) is 0.364. The van der Waals surface area contributed by atoms with E-state index in [1.807, 2.05) is 0 Å². The predicted octanol–water partition coefficient (Wildman–Crippen LogP) is 5.95. The maximum Gasteiger partial charge on any atom is 0.416 e. The van der Waals surface area contributed by atoms with Gasteiger partial charge < -0.3 is 14.5 Å². The van der Waals surface area contributed by atoms with Gasteiger partial charge in [-0.05, 0) is 87.3 Å². The number of ether oxygens (including phenoxy) is 1. The summed E-state index contributed by atoms with van der Waals surface area (Å²) < 4.78 is 44.6. The number of carbonyl (C=O) groups excluding carboxylic acids is 1. The summed E-state index contributed by atoms with van der Waals surface area (Å²) in [5.41, 5.74) is 3.16. The Morgan fingerprint density at radius 3 is 2.16 bits per heavy atom. The minimum atomic E-state index is -4.41. The molecule has 204 valence electrons. The molecule has 1 unspecified atom stereocenters. The summed E-state index contributed by atoms with van der Waals surface area (Å²) in [6.45, 7) is 17.1. The number of benzene rings is 2. The van der Waals surface area contributed by atoms with Crippen molar-refractivity contribution in [1.29, 1.82) is 0 Å². The molecular formula is C29H40F3N3O2. The highest BCUT2D eigenvalue weighted by atomic mass is 19.4. The minimum Gasteiger partial charge on any atom is -0.493 e. The molecule has 37 heavy (non-hydrogen) atoms. The maximum atomic E-state index is 12.8. The molecule has 0 radical (unpaired) electrons. The number of hydrogen-bond donors (Lipinski definition) is 0. The molecule has 0 aliphatic carbocycles. The van der Waals surface area contributed by atoms with Crippen LogP contribution in [-0.2, 0) is 6.18 Å². The molecule has 1 heterocycles. The van der Waals surface area contributed by atoms with E-state index >= 15 is 0 Å². The first-order chi connectivity index (χ1) is 17.6. The highest BCUT2D eigenvalue weighted by molar-refractivity contribution is 5.94. The SMILES string of the molecule is CCN(CC)CCCOc1ccc(C(C)N2CCN(C(=O)c3ccc(C(F)(F)F)cc3)CC2)c(C)c1C. The zero-order chi connectivity index (χ0) is 27.2. The Kier molecular flexibility index (Phi) is 10.0. The number of carbonyl (C=O) groups is 1. The number of alkyl halides is 3. The molecule has 0 aromatic heterocycles. The van der Waals surface area contributed by atoms with Crippen molar-refractivity contribution in [2.24, 2.45) is 0 Å². The second-order valence-corrected chi connectivity index (χ2v) is 9.71. The van der Waals surface area contributed by atoms with Gasteiger partial charge in [0.1, 0.15) is 5.75 Å². The van der Waals surface area contributed by atoms with E-state index in [0.29, 0.717) is 32.8 Å². The molecule has 0 N–H and O–H groups in total. The largest absolute Gasteiger partial charge is 0.493 e. The molecular weight excluding hydrogens is 479 g/mol. The van der Waals surface area contributed by atoms with Crippen LogP contribution in [0.25, 0.3) is 0 Å². The van der Waals surface area contributed by atoms with Gasteiger partial charge in [0.15, 0.2) is 0 Å². The Balaban J connectivity index is 1.55. The van der Waals surface area contributed by atoms with Crippen LogP contribution < -0.4 is 4.74 Å². The molecule has 1 amide bonds. The van der Waals surface area contributed by atoms with Crippen molar-refractivity contribution in [3.63, 3.8) is 0 Å². The molecule has 1 aliphatic heterocycles. The molecule has 0 spiro atoms. The molecule has 0 bridgehead atoms. The van der Waals surface area contributed by atoms with E-state index < -0.39 is 11.7 Å². The van der Waals surface area contributed by atoms with Gasteiger partial charge in [0.2, 0.25) is 0 Å². The lowest BCUT2D eigenvalue weighted by atomic mass is 9.96. The Morgan fingerprint density at radius 2 is 1.59 bits per heavy atom. The number of amides is 1. The van der Waals surface area contributed by atoms with Crippen molar-refractivity contribution in [2.75, 3.05) is 52.4 Å². The summed E-state index contributed by atoms with van der Waals surface area (Å²) in [5.74, 6) is 0.704. The summed E-state index contributed by atoms with van der Waals surface area (Å²) in [5, 5.41) is 0. The van der Waals surface area contributed by atoms with E-state index in [4.69, 9.17) is 4.74 Å². The van der Waals surface area contributed by atoms with Crippen molar-refractivity contribution in [3.05, 3.63) is 64.2 Å². The van der Waals surface area contributed by atoms with Gasteiger partial charge in [-0.3, -0.25) is 9.69 Å². The van der Waals surface area contributed by atoms with E-state index in [9.17, 15) is 18.0 Å². The molecule has 3 rings (SSSR count). The van der Waals surface area contributed by atoms with Gasteiger partial charge in [-0.2, -0.15) is 13.2 Å². The highest BCUT2D eigenvalue weighted by Gasteiger charge is 2.31. The predicted molar refractivity (Wildman–Crippen MR) is 141 cm³/mol. The zero-order valence-corrected chi connectivity index (χ0v) is 22.7. The summed E-state index contributed by atoms with van der Waals surface area (Å²) in [7, 11) is 0. The van der Waals surface area contributed by atoms with E-state index in [2.05, 4.69) is 56.6 Å². The van der Waals surface area contributed by atoms with Crippen LogP contribution >= 0.6 is 0 Å². The summed E-state index contributed by atoms with van der Waals surface area (Å²) in [4.78, 5) is 19.3. The average Bonchev–Trinajstić information content (AvgIpc) is 2.90. The van der Waals surface area contributed by atoms with E-state index in [1.54, 1.807) is 4.90 Å². The lowest BCUT2D eigenvalue weighted by Crippen LogP contribution is -2.49. The maximum absolute atomic E-state index is 12.8. The topological polar surface area (TPSA) is 36.0 Å². The summed E-state index contributed by atoms with van der Waals surface area (Å²) >= 11 is 0. The first kappa shape index (κ1) is 29.0. The van der Waals surface area contributed by atoms with Crippen molar-refractivity contribution in [1.82, 2.24) is 14.7 Å². The molecule has 1 atom stereocenters. The fraction of sp³-hybridized carbons (Fsp3) is 0.552. The van der Waals surface area contributed by atoms with Crippen LogP contribution in [-0.4, -0.2) is 73.0 Å². The van der Waals surface area contributed by atoms with E-state index in [0.717, 1.165) is 49.5 Å². The average molecular weight is 520 g/mol. The van der Waals surface area contributed by atoms with Crippen molar-refractivity contribution in [3.8, 4) is 5.75 Å². The fourth-order valence-corrected chi connectivity index (χ4v) is 4.93. The molecule has 2 aromatic carbocycles. The second kappa shape index (κ2) is 12.8. The monoisotopic (exact) mass is 519 g/mol. The van der Waals surface area contributed by atoms with Gasteiger partial charge in [-0.1, -0.05) is 19.9 Å². The fourth-order valence-electron chi connectivity index (χ4n) is 4.93. The Bertz CT molecular complexity index is 1030. The van der Waals surface area contributed by atoms with Crippen LogP contribution in [0.4, 0.5) is 13.2 Å². The van der Waals surface area contributed by atoms with Crippen molar-refractivity contribution in [2.45, 2.75) is 53.3 Å². The van der Waals surface area contributed by atoms with Crippen LogP contribution in [0, 0.1) is 13.8 Å². The molecule has 5 nitrogen and oxygen atoms in total. The van der Waals surface area contributed by atoms with Gasteiger partial charge in [0.05, 0.1) is 12.2 Å². The summed E-state index contributed by atoms with van der Waals surface area (Å²) in [6.07, 6.45) is -3.41. The Hall–Kier alpha value is -2.58. The van der Waals surface area contributed by atoms with Gasteiger partial charge in [-0.25, -0.2) is 0 Å². The highest BCUT2D eigenvalue weighted by Crippen LogP contribution is 2.32. The van der Waals surface area contributed by atoms with Gasteiger partial charge in [-0.15, -0.1) is 0 Å². The van der Waals surface area contributed by atoms with E-state index in [-0.39, 0.29) is 17.5 Å². The van der Waals surface area contributed by atoms with Crippen LogP contribution in [0.1, 0.15) is 65.8 Å². The third-order valence-corrected chi connectivity index (χ3v) is 7.61. The lowest BCUT2D eigenvalue weighted by Gasteiger charge is -2.39.